The van der Waals surface area contributed by atoms with Crippen molar-refractivity contribution in [1.82, 2.24) is 0 Å². The quantitative estimate of drug-likeness (QED) is 0.749. The Balaban J connectivity index is 1.99. The van der Waals surface area contributed by atoms with Crippen LogP contribution in [-0.2, 0) is 4.57 Å². The Morgan fingerprint density at radius 2 is 1.62 bits per heavy atom. The predicted octanol–water partition coefficient (Wildman–Crippen LogP) is 4.72. The highest BCUT2D eigenvalue weighted by molar-refractivity contribution is 7.63. The van der Waals surface area contributed by atoms with Crippen molar-refractivity contribution in [2.45, 2.75) is 6.92 Å². The molecule has 0 aliphatic carbocycles. The van der Waals surface area contributed by atoms with Crippen molar-refractivity contribution in [2.75, 3.05) is 23.4 Å². The average molecular weight is 323 g/mol. The minimum Gasteiger partial charge on any atom is -0.414 e. The zero-order valence-electron chi connectivity index (χ0n) is 12.1. The van der Waals surface area contributed by atoms with E-state index in [0.29, 0.717) is 10.8 Å². The minimum atomic E-state index is -3.17. The molecule has 0 saturated heterocycles. The number of benzene rings is 2. The Kier molecular flexibility index (Phi) is 3.39. The van der Waals surface area contributed by atoms with Gasteiger partial charge < -0.3 is 4.52 Å². The molecule has 1 aliphatic heterocycles. The Labute approximate surface area is 129 Å². The smallest absolute Gasteiger partial charge is 0.414 e. The molecule has 0 atom stereocenters. The van der Waals surface area contributed by atoms with Gasteiger partial charge in [0.25, 0.3) is 0 Å². The van der Waals surface area contributed by atoms with Crippen LogP contribution in [0.1, 0.15) is 5.56 Å². The minimum absolute atomic E-state index is 0.548. The topological polar surface area (TPSA) is 32.8 Å². The van der Waals surface area contributed by atoms with Crippen molar-refractivity contribution in [1.29, 1.82) is 0 Å². The molecule has 0 bridgehead atoms. The lowest BCUT2D eigenvalue weighted by molar-refractivity contribution is 0.480. The number of nitrogens with zero attached hydrogens (tertiary/aromatic N) is 2. The van der Waals surface area contributed by atoms with Crippen molar-refractivity contribution in [3.05, 3.63) is 53.1 Å². The highest BCUT2D eigenvalue weighted by Crippen LogP contribution is 2.63. The lowest BCUT2D eigenvalue weighted by Gasteiger charge is -2.27. The van der Waals surface area contributed by atoms with Gasteiger partial charge >= 0.3 is 7.67 Å². The summed E-state index contributed by atoms with van der Waals surface area (Å²) in [5, 5.41) is 0.664. The molecule has 0 radical (unpaired) electrons. The molecule has 3 rings (SSSR count). The maximum Gasteiger partial charge on any atom is 0.449 e. The summed E-state index contributed by atoms with van der Waals surface area (Å²) in [7, 11) is 0.400. The molecule has 0 saturated carbocycles. The molecule has 6 heteroatoms. The van der Waals surface area contributed by atoms with E-state index in [-0.39, 0.29) is 0 Å². The fourth-order valence-corrected chi connectivity index (χ4v) is 4.45. The highest BCUT2D eigenvalue weighted by atomic mass is 35.5. The van der Waals surface area contributed by atoms with Crippen LogP contribution in [0.15, 0.2) is 42.5 Å². The van der Waals surface area contributed by atoms with E-state index >= 15 is 0 Å². The van der Waals surface area contributed by atoms with E-state index in [0.717, 1.165) is 16.9 Å². The monoisotopic (exact) mass is 322 g/mol. The molecule has 0 N–H and O–H groups in total. The first kappa shape index (κ1) is 14.3. The van der Waals surface area contributed by atoms with Crippen molar-refractivity contribution in [2.24, 2.45) is 0 Å². The molecule has 1 aliphatic rings. The molecular weight excluding hydrogens is 307 g/mol. The Hall–Kier alpha value is -1.64. The summed E-state index contributed by atoms with van der Waals surface area (Å²) in [6.45, 7) is 1.89. The lowest BCUT2D eigenvalue weighted by Crippen LogP contribution is -2.22. The van der Waals surface area contributed by atoms with Gasteiger partial charge in [-0.05, 0) is 42.8 Å². The van der Waals surface area contributed by atoms with Gasteiger partial charge in [0, 0.05) is 19.1 Å². The SMILES string of the molecule is Cc1cc(OP2(=O)N(C)c3ccccc3N2C)ccc1Cl. The first-order valence-electron chi connectivity index (χ1n) is 6.57. The van der Waals surface area contributed by atoms with E-state index in [1.165, 1.54) is 0 Å². The Morgan fingerprint density at radius 3 is 2.14 bits per heavy atom. The van der Waals surface area contributed by atoms with Crippen LogP contribution < -0.4 is 13.9 Å². The molecule has 21 heavy (non-hydrogen) atoms. The first-order valence-corrected chi connectivity index (χ1v) is 8.47. The van der Waals surface area contributed by atoms with Crippen molar-refractivity contribution in [3.63, 3.8) is 0 Å². The highest BCUT2D eigenvalue weighted by Gasteiger charge is 2.44. The molecule has 2 aromatic carbocycles. The summed E-state index contributed by atoms with van der Waals surface area (Å²) < 4.78 is 22.6. The second-order valence-corrected chi connectivity index (χ2v) is 7.80. The second kappa shape index (κ2) is 4.97. The number of rotatable bonds is 2. The standard InChI is InChI=1S/C15H16ClN2O2P/c1-11-10-12(8-9-13(11)16)20-21(19)17(2)14-6-4-5-7-15(14)18(21)3/h4-10H,1-3H3. The van der Waals surface area contributed by atoms with Gasteiger partial charge in [0.15, 0.2) is 0 Å². The fourth-order valence-electron chi connectivity index (χ4n) is 2.42. The van der Waals surface area contributed by atoms with Crippen LogP contribution in [0, 0.1) is 6.92 Å². The Bertz CT molecular complexity index is 717. The molecule has 2 aromatic rings. The first-order chi connectivity index (χ1) is 9.93. The zero-order chi connectivity index (χ0) is 15.2. The third-order valence-electron chi connectivity index (χ3n) is 3.69. The van der Waals surface area contributed by atoms with Crippen LogP contribution in [0.2, 0.25) is 5.02 Å². The summed E-state index contributed by atoms with van der Waals surface area (Å²) in [6.07, 6.45) is 0. The number of anilines is 2. The molecular formula is C15H16ClN2O2P. The number of fused-ring (bicyclic) bond motifs is 1. The second-order valence-electron chi connectivity index (χ2n) is 5.03. The van der Waals surface area contributed by atoms with Crippen LogP contribution >= 0.6 is 19.3 Å². The van der Waals surface area contributed by atoms with Crippen LogP contribution in [-0.4, -0.2) is 14.1 Å². The van der Waals surface area contributed by atoms with E-state index in [4.69, 9.17) is 16.1 Å². The van der Waals surface area contributed by atoms with E-state index in [1.54, 1.807) is 41.6 Å². The van der Waals surface area contributed by atoms with E-state index < -0.39 is 7.67 Å². The van der Waals surface area contributed by atoms with Gasteiger partial charge in [-0.15, -0.1) is 0 Å². The number of hydrogen-bond acceptors (Lipinski definition) is 2. The number of aryl methyl sites for hydroxylation is 1. The molecule has 0 amide bonds. The molecule has 0 fully saturated rings. The van der Waals surface area contributed by atoms with Gasteiger partial charge in [-0.2, -0.15) is 0 Å². The Morgan fingerprint density at radius 1 is 1.05 bits per heavy atom. The van der Waals surface area contributed by atoms with Gasteiger partial charge in [0.2, 0.25) is 0 Å². The van der Waals surface area contributed by atoms with Crippen molar-refractivity contribution >= 4 is 30.6 Å². The van der Waals surface area contributed by atoms with E-state index in [1.807, 2.05) is 31.2 Å². The number of hydrogen-bond donors (Lipinski definition) is 0. The molecule has 110 valence electrons. The molecule has 1 heterocycles. The third-order valence-corrected chi connectivity index (χ3v) is 6.51. The molecule has 0 spiro atoms. The summed E-state index contributed by atoms with van der Waals surface area (Å²) in [5.41, 5.74) is 2.69. The van der Waals surface area contributed by atoms with Gasteiger partial charge in [-0.3, -0.25) is 9.34 Å². The third kappa shape index (κ3) is 2.19. The van der Waals surface area contributed by atoms with Crippen molar-refractivity contribution in [3.8, 4) is 5.75 Å². The maximum absolute atomic E-state index is 13.3. The normalized spacial score (nSPS) is 16.0. The van der Waals surface area contributed by atoms with Crippen molar-refractivity contribution < 1.29 is 9.09 Å². The van der Waals surface area contributed by atoms with Gasteiger partial charge in [0.1, 0.15) is 5.75 Å². The maximum atomic E-state index is 13.3. The predicted molar refractivity (Wildman–Crippen MR) is 87.7 cm³/mol. The number of halogens is 1. The van der Waals surface area contributed by atoms with Crippen LogP contribution in [0.5, 0.6) is 5.75 Å². The van der Waals surface area contributed by atoms with Gasteiger partial charge in [-0.1, -0.05) is 23.7 Å². The average Bonchev–Trinajstić information content (AvgIpc) is 2.66. The van der Waals surface area contributed by atoms with Crippen LogP contribution in [0.4, 0.5) is 11.4 Å². The summed E-state index contributed by atoms with van der Waals surface area (Å²) >= 11 is 6.02. The summed E-state index contributed by atoms with van der Waals surface area (Å²) in [6, 6.07) is 13.0. The summed E-state index contributed by atoms with van der Waals surface area (Å²) in [5.74, 6) is 0.548. The molecule has 4 nitrogen and oxygen atoms in total. The van der Waals surface area contributed by atoms with Crippen LogP contribution in [0.25, 0.3) is 0 Å². The molecule has 0 unspecified atom stereocenters. The molecule has 0 aromatic heterocycles. The fraction of sp³-hybridized carbons (Fsp3) is 0.200. The van der Waals surface area contributed by atoms with E-state index in [9.17, 15) is 4.57 Å². The zero-order valence-corrected chi connectivity index (χ0v) is 13.7. The van der Waals surface area contributed by atoms with Crippen LogP contribution in [0.3, 0.4) is 0 Å². The number of para-hydroxylation sites is 2. The summed E-state index contributed by atoms with van der Waals surface area (Å²) in [4.78, 5) is 0. The van der Waals surface area contributed by atoms with E-state index in [2.05, 4.69) is 0 Å². The lowest BCUT2D eigenvalue weighted by atomic mass is 10.2. The van der Waals surface area contributed by atoms with Gasteiger partial charge in [-0.25, -0.2) is 4.57 Å². The largest absolute Gasteiger partial charge is 0.449 e. The van der Waals surface area contributed by atoms with Gasteiger partial charge in [0.05, 0.1) is 11.4 Å².